The molecular weight excluding hydrogens is 456 g/mol. The lowest BCUT2D eigenvalue weighted by molar-refractivity contribution is -0.161. The number of piperazine rings is 1. The fourth-order valence-corrected chi connectivity index (χ4v) is 5.29. The molecule has 0 unspecified atom stereocenters. The van der Waals surface area contributed by atoms with Crippen molar-refractivity contribution in [2.45, 2.75) is 83.8 Å². The van der Waals surface area contributed by atoms with Crippen LogP contribution < -0.4 is 10.6 Å². The molecule has 0 aromatic heterocycles. The van der Waals surface area contributed by atoms with Crippen molar-refractivity contribution in [3.63, 3.8) is 0 Å². The lowest BCUT2D eigenvalue weighted by Crippen LogP contribution is -2.73. The number of aliphatic hydroxyl groups excluding tert-OH is 1. The predicted octanol–water partition coefficient (Wildman–Crippen LogP) is 2.70. The third-order valence-electron chi connectivity index (χ3n) is 7.43. The largest absolute Gasteiger partial charge is 0.396 e. The zero-order valence-corrected chi connectivity index (χ0v) is 22.2. The fourth-order valence-electron chi connectivity index (χ4n) is 5.29. The molecule has 2 aliphatic heterocycles. The van der Waals surface area contributed by atoms with E-state index in [4.69, 9.17) is 5.11 Å². The summed E-state index contributed by atoms with van der Waals surface area (Å²) in [5.74, 6) is 0.329. The minimum Gasteiger partial charge on any atom is -0.396 e. The van der Waals surface area contributed by atoms with Crippen molar-refractivity contribution in [2.24, 2.45) is 5.92 Å². The monoisotopic (exact) mass is 500 g/mol. The van der Waals surface area contributed by atoms with Crippen molar-refractivity contribution in [1.29, 1.82) is 0 Å². The van der Waals surface area contributed by atoms with E-state index in [0.717, 1.165) is 44.5 Å². The van der Waals surface area contributed by atoms with Gasteiger partial charge in [0.05, 0.1) is 0 Å². The normalized spacial score (nSPS) is 20.1. The van der Waals surface area contributed by atoms with Gasteiger partial charge in [-0.15, -0.1) is 0 Å². The van der Waals surface area contributed by atoms with Crippen molar-refractivity contribution in [3.05, 3.63) is 35.4 Å². The van der Waals surface area contributed by atoms with Crippen molar-refractivity contribution in [2.75, 3.05) is 32.8 Å². The van der Waals surface area contributed by atoms with E-state index in [1.165, 1.54) is 0 Å². The van der Waals surface area contributed by atoms with Crippen molar-refractivity contribution < 1.29 is 19.5 Å². The van der Waals surface area contributed by atoms with Gasteiger partial charge < -0.3 is 20.6 Å². The van der Waals surface area contributed by atoms with Crippen LogP contribution in [0.4, 0.5) is 0 Å². The SMILES string of the molecule is CCCCN1C(=O)[C@H](CC(C)C)NC(=O)C12CCN(Cc1ccc(C(=O)NCCCCO)cc1)CC2. The second kappa shape index (κ2) is 13.2. The van der Waals surface area contributed by atoms with E-state index in [1.54, 1.807) is 0 Å². The highest BCUT2D eigenvalue weighted by Gasteiger charge is 2.53. The smallest absolute Gasteiger partial charge is 0.251 e. The Balaban J connectivity index is 1.59. The molecule has 0 saturated carbocycles. The maximum atomic E-state index is 13.4. The summed E-state index contributed by atoms with van der Waals surface area (Å²) in [5, 5.41) is 14.8. The number of amides is 3. The summed E-state index contributed by atoms with van der Waals surface area (Å²) >= 11 is 0. The van der Waals surface area contributed by atoms with Gasteiger partial charge >= 0.3 is 0 Å². The number of benzene rings is 1. The average molecular weight is 501 g/mol. The van der Waals surface area contributed by atoms with E-state index in [1.807, 2.05) is 29.2 Å². The van der Waals surface area contributed by atoms with Crippen LogP contribution in [0.3, 0.4) is 0 Å². The molecule has 8 nitrogen and oxygen atoms in total. The topological polar surface area (TPSA) is 102 Å². The number of unbranched alkanes of at least 4 members (excludes halogenated alkanes) is 2. The van der Waals surface area contributed by atoms with E-state index < -0.39 is 11.6 Å². The summed E-state index contributed by atoms with van der Waals surface area (Å²) in [6.07, 6.45) is 5.27. The van der Waals surface area contributed by atoms with Crippen LogP contribution in [0.5, 0.6) is 0 Å². The summed E-state index contributed by atoms with van der Waals surface area (Å²) < 4.78 is 0. The highest BCUT2D eigenvalue weighted by Crippen LogP contribution is 2.34. The third-order valence-corrected chi connectivity index (χ3v) is 7.43. The molecule has 3 rings (SSSR count). The molecule has 200 valence electrons. The highest BCUT2D eigenvalue weighted by molar-refractivity contribution is 6.00. The Kier molecular flexibility index (Phi) is 10.3. The first-order chi connectivity index (χ1) is 17.3. The number of hydrogen-bond donors (Lipinski definition) is 3. The molecule has 0 aliphatic carbocycles. The second-order valence-electron chi connectivity index (χ2n) is 10.7. The van der Waals surface area contributed by atoms with E-state index in [0.29, 0.717) is 50.3 Å². The Morgan fingerprint density at radius 1 is 1.14 bits per heavy atom. The number of carbonyl (C=O) groups excluding carboxylic acids is 3. The Morgan fingerprint density at radius 3 is 2.44 bits per heavy atom. The number of nitrogens with one attached hydrogen (secondary N) is 2. The lowest BCUT2D eigenvalue weighted by atomic mass is 9.80. The van der Waals surface area contributed by atoms with Crippen LogP contribution in [-0.4, -0.2) is 77.0 Å². The maximum absolute atomic E-state index is 13.4. The summed E-state index contributed by atoms with van der Waals surface area (Å²) in [6, 6.07) is 7.23. The first kappa shape index (κ1) is 28.1. The summed E-state index contributed by atoms with van der Waals surface area (Å²) in [5.41, 5.74) is 1.00. The van der Waals surface area contributed by atoms with Crippen molar-refractivity contribution in [3.8, 4) is 0 Å². The number of nitrogens with zero attached hydrogens (tertiary/aromatic N) is 2. The Morgan fingerprint density at radius 2 is 1.83 bits per heavy atom. The minimum absolute atomic E-state index is 0.0119. The first-order valence-electron chi connectivity index (χ1n) is 13.6. The van der Waals surface area contributed by atoms with Gasteiger partial charge in [0.2, 0.25) is 11.8 Å². The number of rotatable bonds is 12. The molecule has 2 heterocycles. The minimum atomic E-state index is -0.742. The molecule has 1 aromatic carbocycles. The van der Waals surface area contributed by atoms with E-state index in [-0.39, 0.29) is 24.3 Å². The zero-order chi connectivity index (χ0) is 26.1. The first-order valence-corrected chi connectivity index (χ1v) is 13.6. The number of piperidine rings is 1. The molecule has 2 saturated heterocycles. The van der Waals surface area contributed by atoms with Crippen LogP contribution in [-0.2, 0) is 16.1 Å². The molecule has 8 heteroatoms. The van der Waals surface area contributed by atoms with Gasteiger partial charge in [-0.2, -0.15) is 0 Å². The Labute approximate surface area is 215 Å². The molecule has 1 aromatic rings. The van der Waals surface area contributed by atoms with Crippen LogP contribution in [0.15, 0.2) is 24.3 Å². The third kappa shape index (κ3) is 6.85. The molecule has 3 amide bonds. The molecule has 0 radical (unpaired) electrons. The molecule has 3 N–H and O–H groups in total. The zero-order valence-electron chi connectivity index (χ0n) is 22.2. The quantitative estimate of drug-likeness (QED) is 0.383. The Bertz CT molecular complexity index is 878. The summed E-state index contributed by atoms with van der Waals surface area (Å²) in [7, 11) is 0. The van der Waals surface area contributed by atoms with Gasteiger partial charge in [0.25, 0.3) is 5.91 Å². The Hall–Kier alpha value is -2.45. The van der Waals surface area contributed by atoms with Crippen LogP contribution >= 0.6 is 0 Å². The number of hydrogen-bond acceptors (Lipinski definition) is 5. The van der Waals surface area contributed by atoms with Gasteiger partial charge in [-0.1, -0.05) is 39.3 Å². The van der Waals surface area contributed by atoms with Crippen molar-refractivity contribution in [1.82, 2.24) is 20.4 Å². The van der Waals surface area contributed by atoms with Gasteiger partial charge in [0, 0.05) is 44.9 Å². The van der Waals surface area contributed by atoms with Crippen LogP contribution in [0, 0.1) is 5.92 Å². The van der Waals surface area contributed by atoms with Crippen molar-refractivity contribution >= 4 is 17.7 Å². The molecule has 2 fully saturated rings. The van der Waals surface area contributed by atoms with Gasteiger partial charge in [-0.25, -0.2) is 0 Å². The van der Waals surface area contributed by atoms with Gasteiger partial charge in [-0.05, 0) is 62.1 Å². The predicted molar refractivity (Wildman–Crippen MR) is 140 cm³/mol. The van der Waals surface area contributed by atoms with E-state index in [9.17, 15) is 14.4 Å². The average Bonchev–Trinajstić information content (AvgIpc) is 2.86. The number of likely N-dealkylation sites (tertiary alicyclic amines) is 1. The maximum Gasteiger partial charge on any atom is 0.251 e. The molecule has 36 heavy (non-hydrogen) atoms. The summed E-state index contributed by atoms with van der Waals surface area (Å²) in [4.78, 5) is 43.3. The molecule has 1 spiro atoms. The fraction of sp³-hybridized carbons (Fsp3) is 0.679. The molecular formula is C28H44N4O4. The van der Waals surface area contributed by atoms with Crippen LogP contribution in [0.1, 0.15) is 81.6 Å². The van der Waals surface area contributed by atoms with Gasteiger partial charge in [0.15, 0.2) is 0 Å². The number of aliphatic hydroxyl groups is 1. The molecule has 0 bridgehead atoms. The number of carbonyl (C=O) groups is 3. The highest BCUT2D eigenvalue weighted by atomic mass is 16.3. The van der Waals surface area contributed by atoms with Gasteiger partial charge in [-0.3, -0.25) is 19.3 Å². The van der Waals surface area contributed by atoms with Crippen LogP contribution in [0.2, 0.25) is 0 Å². The van der Waals surface area contributed by atoms with Gasteiger partial charge in [0.1, 0.15) is 11.6 Å². The summed E-state index contributed by atoms with van der Waals surface area (Å²) in [6.45, 7) is 9.83. The second-order valence-corrected chi connectivity index (χ2v) is 10.7. The standard InChI is InChI=1S/C28H44N4O4/c1-4-5-15-32-26(35)24(19-21(2)3)30-27(36)28(32)12-16-31(17-13-28)20-22-8-10-23(11-9-22)25(34)29-14-6-7-18-33/h8-11,21,24,33H,4-7,12-20H2,1-3H3,(H,29,34)(H,30,36)/t24-/m0/s1. The lowest BCUT2D eigenvalue weighted by Gasteiger charge is -2.52. The molecule has 1 atom stereocenters. The van der Waals surface area contributed by atoms with E-state index in [2.05, 4.69) is 36.3 Å². The molecule has 2 aliphatic rings. The van der Waals surface area contributed by atoms with Crippen LogP contribution in [0.25, 0.3) is 0 Å². The van der Waals surface area contributed by atoms with E-state index >= 15 is 0 Å².